The molecule has 2 fully saturated rings. The summed E-state index contributed by atoms with van der Waals surface area (Å²) >= 11 is 0. The van der Waals surface area contributed by atoms with Crippen molar-refractivity contribution in [2.75, 3.05) is 6.61 Å². The second kappa shape index (κ2) is 4.36. The third-order valence-corrected chi connectivity index (χ3v) is 4.23. The van der Waals surface area contributed by atoms with Crippen molar-refractivity contribution in [3.8, 4) is 0 Å². The summed E-state index contributed by atoms with van der Waals surface area (Å²) in [6.07, 6.45) is 6.42. The molecule has 2 saturated carbocycles. The zero-order chi connectivity index (χ0) is 11.8. The van der Waals surface area contributed by atoms with Crippen LogP contribution in [0.1, 0.15) is 46.0 Å². The molecule has 0 aliphatic heterocycles. The van der Waals surface area contributed by atoms with Crippen molar-refractivity contribution in [1.82, 2.24) is 0 Å². The molecule has 0 spiro atoms. The summed E-state index contributed by atoms with van der Waals surface area (Å²) in [5.41, 5.74) is -0.166. The van der Waals surface area contributed by atoms with Gasteiger partial charge in [-0.05, 0) is 18.8 Å². The van der Waals surface area contributed by atoms with Crippen LogP contribution in [0.3, 0.4) is 0 Å². The molecule has 0 amide bonds. The first-order valence-corrected chi connectivity index (χ1v) is 6.38. The third kappa shape index (κ3) is 2.24. The lowest BCUT2D eigenvalue weighted by atomic mass is 9.90. The lowest BCUT2D eigenvalue weighted by Crippen LogP contribution is -2.16. The van der Waals surface area contributed by atoms with Crippen LogP contribution in [0.2, 0.25) is 0 Å². The molecule has 92 valence electrons. The van der Waals surface area contributed by atoms with Crippen molar-refractivity contribution in [3.63, 3.8) is 0 Å². The highest BCUT2D eigenvalue weighted by Crippen LogP contribution is 2.54. The van der Waals surface area contributed by atoms with E-state index in [1.807, 2.05) is 13.8 Å². The van der Waals surface area contributed by atoms with Gasteiger partial charge in [-0.15, -0.1) is 0 Å². The quantitative estimate of drug-likeness (QED) is 0.801. The van der Waals surface area contributed by atoms with Gasteiger partial charge in [0.15, 0.2) is 0 Å². The second-order valence-electron chi connectivity index (χ2n) is 5.90. The lowest BCUT2D eigenvalue weighted by molar-refractivity contribution is -0.140. The number of ether oxygens (including phenoxy) is 1. The van der Waals surface area contributed by atoms with Crippen molar-refractivity contribution in [3.05, 3.63) is 0 Å². The molecule has 1 N–H and O–H groups in total. The van der Waals surface area contributed by atoms with Crippen LogP contribution in [-0.2, 0) is 9.53 Å². The van der Waals surface area contributed by atoms with Crippen LogP contribution >= 0.6 is 0 Å². The standard InChI is InChI=1S/C13H22O3/c1-13(2)10(12(14)15)11(13)16-8-9-6-4-3-5-7-9/h9-11H,3-8H2,1-2H3,(H,14,15). The average molecular weight is 226 g/mol. The highest BCUT2D eigenvalue weighted by atomic mass is 16.5. The van der Waals surface area contributed by atoms with E-state index in [9.17, 15) is 4.79 Å². The Morgan fingerprint density at radius 3 is 2.44 bits per heavy atom. The summed E-state index contributed by atoms with van der Waals surface area (Å²) in [5, 5.41) is 9.02. The van der Waals surface area contributed by atoms with Gasteiger partial charge < -0.3 is 9.84 Å². The largest absolute Gasteiger partial charge is 0.481 e. The maximum absolute atomic E-state index is 11.0. The molecule has 0 aromatic rings. The summed E-state index contributed by atoms with van der Waals surface area (Å²) in [7, 11) is 0. The van der Waals surface area contributed by atoms with Crippen molar-refractivity contribution in [1.29, 1.82) is 0 Å². The van der Waals surface area contributed by atoms with Gasteiger partial charge in [0.05, 0.1) is 12.0 Å². The van der Waals surface area contributed by atoms with Gasteiger partial charge >= 0.3 is 5.97 Å². The molecule has 3 nitrogen and oxygen atoms in total. The van der Waals surface area contributed by atoms with E-state index < -0.39 is 5.97 Å². The molecule has 2 rings (SSSR count). The SMILES string of the molecule is CC1(C)C(OCC2CCCCC2)C1C(=O)O. The van der Waals surface area contributed by atoms with E-state index in [1.165, 1.54) is 32.1 Å². The predicted molar refractivity (Wildman–Crippen MR) is 61.2 cm³/mol. The Labute approximate surface area is 97.2 Å². The van der Waals surface area contributed by atoms with Gasteiger partial charge in [0.25, 0.3) is 0 Å². The van der Waals surface area contributed by atoms with Crippen LogP contribution in [0.4, 0.5) is 0 Å². The molecule has 3 heteroatoms. The van der Waals surface area contributed by atoms with Crippen LogP contribution in [0.25, 0.3) is 0 Å². The summed E-state index contributed by atoms with van der Waals surface area (Å²) in [6.45, 7) is 4.73. The molecule has 0 saturated heterocycles. The first-order chi connectivity index (χ1) is 7.53. The third-order valence-electron chi connectivity index (χ3n) is 4.23. The summed E-state index contributed by atoms with van der Waals surface area (Å²) < 4.78 is 5.80. The summed E-state index contributed by atoms with van der Waals surface area (Å²) in [6, 6.07) is 0. The van der Waals surface area contributed by atoms with E-state index in [-0.39, 0.29) is 17.4 Å². The van der Waals surface area contributed by atoms with Crippen LogP contribution in [0, 0.1) is 17.3 Å². The van der Waals surface area contributed by atoms with Gasteiger partial charge in [0, 0.05) is 12.0 Å². The molecule has 0 bridgehead atoms. The van der Waals surface area contributed by atoms with Crippen LogP contribution in [0.5, 0.6) is 0 Å². The van der Waals surface area contributed by atoms with Gasteiger partial charge in [-0.1, -0.05) is 33.1 Å². The molecule has 0 aromatic carbocycles. The highest BCUT2D eigenvalue weighted by Gasteiger charge is 2.63. The number of hydrogen-bond acceptors (Lipinski definition) is 2. The number of aliphatic carboxylic acids is 1. The number of carboxylic acids is 1. The molecule has 0 heterocycles. The molecule has 2 aliphatic rings. The van der Waals surface area contributed by atoms with Gasteiger partial charge in [-0.25, -0.2) is 0 Å². The number of carbonyl (C=O) groups is 1. The van der Waals surface area contributed by atoms with Crippen LogP contribution in [-0.4, -0.2) is 23.8 Å². The smallest absolute Gasteiger partial charge is 0.309 e. The van der Waals surface area contributed by atoms with Gasteiger partial charge in [-0.3, -0.25) is 4.79 Å². The molecule has 2 atom stereocenters. The minimum Gasteiger partial charge on any atom is -0.481 e. The van der Waals surface area contributed by atoms with Gasteiger partial charge in [-0.2, -0.15) is 0 Å². The lowest BCUT2D eigenvalue weighted by Gasteiger charge is -2.21. The van der Waals surface area contributed by atoms with Crippen molar-refractivity contribution in [2.24, 2.45) is 17.3 Å². The Morgan fingerprint density at radius 1 is 1.31 bits per heavy atom. The molecule has 16 heavy (non-hydrogen) atoms. The van der Waals surface area contributed by atoms with Crippen LogP contribution in [0.15, 0.2) is 0 Å². The number of carboxylic acid groups (broad SMARTS) is 1. The predicted octanol–water partition coefficient (Wildman–Crippen LogP) is 2.69. The van der Waals surface area contributed by atoms with Crippen molar-refractivity contribution in [2.45, 2.75) is 52.1 Å². The maximum atomic E-state index is 11.0. The Balaban J connectivity index is 1.76. The Bertz CT molecular complexity index is 266. The van der Waals surface area contributed by atoms with E-state index in [4.69, 9.17) is 9.84 Å². The topological polar surface area (TPSA) is 46.5 Å². The van der Waals surface area contributed by atoms with E-state index in [1.54, 1.807) is 0 Å². The van der Waals surface area contributed by atoms with E-state index in [2.05, 4.69) is 0 Å². The molecule has 2 aliphatic carbocycles. The zero-order valence-corrected chi connectivity index (χ0v) is 10.2. The van der Waals surface area contributed by atoms with E-state index >= 15 is 0 Å². The fourth-order valence-corrected chi connectivity index (χ4v) is 2.94. The first-order valence-electron chi connectivity index (χ1n) is 6.38. The summed E-state index contributed by atoms with van der Waals surface area (Å²) in [4.78, 5) is 11.0. The minimum absolute atomic E-state index is 0.0630. The maximum Gasteiger partial charge on any atom is 0.309 e. The fraction of sp³-hybridized carbons (Fsp3) is 0.923. The average Bonchev–Trinajstić information content (AvgIpc) is 2.79. The van der Waals surface area contributed by atoms with E-state index in [0.717, 1.165) is 6.61 Å². The first kappa shape index (κ1) is 11.9. The van der Waals surface area contributed by atoms with Gasteiger partial charge in [0.1, 0.15) is 0 Å². The number of rotatable bonds is 4. The molecule has 0 aromatic heterocycles. The Hall–Kier alpha value is -0.570. The van der Waals surface area contributed by atoms with Crippen LogP contribution < -0.4 is 0 Å². The highest BCUT2D eigenvalue weighted by molar-refractivity contribution is 5.76. The van der Waals surface area contributed by atoms with Crippen molar-refractivity contribution < 1.29 is 14.6 Å². The Morgan fingerprint density at radius 2 is 1.94 bits per heavy atom. The molecular formula is C13H22O3. The molecule has 2 unspecified atom stereocenters. The minimum atomic E-state index is -0.710. The zero-order valence-electron chi connectivity index (χ0n) is 10.2. The van der Waals surface area contributed by atoms with Gasteiger partial charge in [0.2, 0.25) is 0 Å². The number of hydrogen-bond donors (Lipinski definition) is 1. The summed E-state index contributed by atoms with van der Waals surface area (Å²) in [5.74, 6) is -0.339. The normalized spacial score (nSPS) is 33.6. The monoisotopic (exact) mass is 226 g/mol. The molecule has 0 radical (unpaired) electrons. The fourth-order valence-electron chi connectivity index (χ4n) is 2.94. The van der Waals surface area contributed by atoms with Crippen molar-refractivity contribution >= 4 is 5.97 Å². The van der Waals surface area contributed by atoms with E-state index in [0.29, 0.717) is 5.92 Å². The second-order valence-corrected chi connectivity index (χ2v) is 5.90. The molecular weight excluding hydrogens is 204 g/mol. The Kier molecular flexibility index (Phi) is 3.24.